The second kappa shape index (κ2) is 7.52. The number of hydrogen-bond acceptors (Lipinski definition) is 6. The Morgan fingerprint density at radius 1 is 1.19 bits per heavy atom. The molecular formula is C20H25N5O2. The number of anilines is 1. The smallest absolute Gasteiger partial charge is 0.347 e. The molecule has 3 aromatic rings. The first-order valence-electron chi connectivity index (χ1n) is 9.49. The number of oxazole rings is 1. The molecule has 0 saturated carbocycles. The molecule has 1 N–H and O–H groups in total. The minimum Gasteiger partial charge on any atom is -0.423 e. The highest BCUT2D eigenvalue weighted by Gasteiger charge is 2.22. The SMILES string of the molecule is Cc1cc(C)n(CCNC2CCN(c3nc4ccccc4o3)CC2)c(=O)n1. The third-order valence-electron chi connectivity index (χ3n) is 5.16. The molecule has 0 radical (unpaired) electrons. The number of aromatic nitrogens is 3. The number of rotatable bonds is 5. The average Bonchev–Trinajstić information content (AvgIpc) is 3.08. The van der Waals surface area contributed by atoms with Gasteiger partial charge < -0.3 is 14.6 Å². The van der Waals surface area contributed by atoms with E-state index in [9.17, 15) is 4.79 Å². The third kappa shape index (κ3) is 3.88. The highest BCUT2D eigenvalue weighted by atomic mass is 16.4. The standard InChI is InChI=1S/C20H25N5O2/c1-14-13-15(2)25(19(26)22-14)12-9-21-16-7-10-24(11-8-16)20-23-17-5-3-4-6-18(17)27-20/h3-6,13,16,21H,7-12H2,1-2H3. The van der Waals surface area contributed by atoms with Crippen LogP contribution in [0.15, 0.2) is 39.5 Å². The summed E-state index contributed by atoms with van der Waals surface area (Å²) in [6.45, 7) is 7.03. The predicted molar refractivity (Wildman–Crippen MR) is 105 cm³/mol. The number of piperidine rings is 1. The number of hydrogen-bond donors (Lipinski definition) is 1. The molecule has 2 aromatic heterocycles. The molecule has 1 saturated heterocycles. The predicted octanol–water partition coefficient (Wildman–Crippen LogP) is 2.26. The van der Waals surface area contributed by atoms with Crippen molar-refractivity contribution in [2.45, 2.75) is 39.3 Å². The van der Waals surface area contributed by atoms with Gasteiger partial charge in [0.25, 0.3) is 6.01 Å². The lowest BCUT2D eigenvalue weighted by Gasteiger charge is -2.31. The highest BCUT2D eigenvalue weighted by Crippen LogP contribution is 2.24. The second-order valence-corrected chi connectivity index (χ2v) is 7.15. The zero-order chi connectivity index (χ0) is 18.8. The second-order valence-electron chi connectivity index (χ2n) is 7.15. The Morgan fingerprint density at radius 3 is 2.70 bits per heavy atom. The number of nitrogens with zero attached hydrogens (tertiary/aromatic N) is 4. The van der Waals surface area contributed by atoms with Gasteiger partial charge in [-0.3, -0.25) is 4.57 Å². The molecule has 0 amide bonds. The van der Waals surface area contributed by atoms with Crippen molar-refractivity contribution in [2.24, 2.45) is 0 Å². The molecule has 1 aromatic carbocycles. The van der Waals surface area contributed by atoms with Crippen LogP contribution in [0.3, 0.4) is 0 Å². The number of nitrogens with one attached hydrogen (secondary N) is 1. The van der Waals surface area contributed by atoms with Crippen molar-refractivity contribution in [1.82, 2.24) is 19.9 Å². The van der Waals surface area contributed by atoms with Crippen molar-refractivity contribution in [3.63, 3.8) is 0 Å². The highest BCUT2D eigenvalue weighted by molar-refractivity contribution is 5.74. The third-order valence-corrected chi connectivity index (χ3v) is 5.16. The van der Waals surface area contributed by atoms with E-state index in [0.717, 1.165) is 55.0 Å². The molecule has 1 aliphatic rings. The molecule has 142 valence electrons. The van der Waals surface area contributed by atoms with Gasteiger partial charge in [-0.05, 0) is 44.9 Å². The van der Waals surface area contributed by atoms with Gasteiger partial charge in [-0.25, -0.2) is 4.79 Å². The molecule has 4 rings (SSSR count). The Labute approximate surface area is 158 Å². The summed E-state index contributed by atoms with van der Waals surface area (Å²) in [7, 11) is 0. The normalized spacial score (nSPS) is 15.6. The van der Waals surface area contributed by atoms with E-state index >= 15 is 0 Å². The number of benzene rings is 1. The largest absolute Gasteiger partial charge is 0.423 e. The summed E-state index contributed by atoms with van der Waals surface area (Å²) in [4.78, 5) is 22.8. The molecular weight excluding hydrogens is 342 g/mol. The van der Waals surface area contributed by atoms with Gasteiger partial charge in [0.05, 0.1) is 0 Å². The van der Waals surface area contributed by atoms with Crippen LogP contribution in [0, 0.1) is 13.8 Å². The molecule has 0 aliphatic carbocycles. The first kappa shape index (κ1) is 17.7. The summed E-state index contributed by atoms with van der Waals surface area (Å²) >= 11 is 0. The van der Waals surface area contributed by atoms with Gasteiger partial charge in [0.2, 0.25) is 0 Å². The van der Waals surface area contributed by atoms with Crippen LogP contribution in [0.5, 0.6) is 0 Å². The van der Waals surface area contributed by atoms with Gasteiger partial charge in [0.1, 0.15) is 5.52 Å². The van der Waals surface area contributed by atoms with E-state index < -0.39 is 0 Å². The van der Waals surface area contributed by atoms with Gasteiger partial charge in [-0.2, -0.15) is 9.97 Å². The number of aryl methyl sites for hydroxylation is 2. The van der Waals surface area contributed by atoms with Crippen molar-refractivity contribution in [3.8, 4) is 0 Å². The van der Waals surface area contributed by atoms with Crippen LogP contribution >= 0.6 is 0 Å². The Bertz CT molecular complexity index is 952. The zero-order valence-corrected chi connectivity index (χ0v) is 15.8. The van der Waals surface area contributed by atoms with Crippen molar-refractivity contribution in [3.05, 3.63) is 52.2 Å². The summed E-state index contributed by atoms with van der Waals surface area (Å²) < 4.78 is 7.60. The topological polar surface area (TPSA) is 76.2 Å². The Kier molecular flexibility index (Phi) is 4.94. The van der Waals surface area contributed by atoms with E-state index in [1.54, 1.807) is 4.57 Å². The van der Waals surface area contributed by atoms with Crippen LogP contribution in [0.25, 0.3) is 11.1 Å². The monoisotopic (exact) mass is 367 g/mol. The molecule has 1 aliphatic heterocycles. The lowest BCUT2D eigenvalue weighted by molar-refractivity contribution is 0.391. The maximum atomic E-state index is 12.0. The van der Waals surface area contributed by atoms with Crippen LogP contribution in [0.4, 0.5) is 6.01 Å². The minimum absolute atomic E-state index is 0.167. The van der Waals surface area contributed by atoms with E-state index in [1.807, 2.05) is 44.2 Å². The zero-order valence-electron chi connectivity index (χ0n) is 15.8. The van der Waals surface area contributed by atoms with Gasteiger partial charge in [0.15, 0.2) is 5.58 Å². The molecule has 0 atom stereocenters. The van der Waals surface area contributed by atoms with Crippen LogP contribution in [0.2, 0.25) is 0 Å². The number of para-hydroxylation sites is 2. The molecule has 0 spiro atoms. The number of fused-ring (bicyclic) bond motifs is 1. The minimum atomic E-state index is -0.167. The van der Waals surface area contributed by atoms with Crippen molar-refractivity contribution >= 4 is 17.1 Å². The summed E-state index contributed by atoms with van der Waals surface area (Å²) in [5, 5.41) is 3.57. The van der Waals surface area contributed by atoms with Gasteiger partial charge in [-0.15, -0.1) is 0 Å². The van der Waals surface area contributed by atoms with Gasteiger partial charge in [0, 0.05) is 43.6 Å². The first-order chi connectivity index (χ1) is 13.1. The van der Waals surface area contributed by atoms with Crippen molar-refractivity contribution in [2.75, 3.05) is 24.5 Å². The first-order valence-corrected chi connectivity index (χ1v) is 9.49. The Hall–Kier alpha value is -2.67. The summed E-state index contributed by atoms with van der Waals surface area (Å²) in [6, 6.07) is 11.0. The van der Waals surface area contributed by atoms with Crippen LogP contribution in [-0.4, -0.2) is 40.2 Å². The quantitative estimate of drug-likeness (QED) is 0.745. The van der Waals surface area contributed by atoms with Gasteiger partial charge >= 0.3 is 5.69 Å². The van der Waals surface area contributed by atoms with Crippen LogP contribution in [-0.2, 0) is 6.54 Å². The lowest BCUT2D eigenvalue weighted by atomic mass is 10.1. The molecule has 1 fully saturated rings. The maximum absolute atomic E-state index is 12.0. The van der Waals surface area contributed by atoms with Crippen LogP contribution in [0.1, 0.15) is 24.2 Å². The molecule has 0 unspecified atom stereocenters. The Balaban J connectivity index is 1.29. The van der Waals surface area contributed by atoms with Crippen molar-refractivity contribution in [1.29, 1.82) is 0 Å². The fourth-order valence-corrected chi connectivity index (χ4v) is 3.70. The fraction of sp³-hybridized carbons (Fsp3) is 0.450. The maximum Gasteiger partial charge on any atom is 0.347 e. The van der Waals surface area contributed by atoms with E-state index in [0.29, 0.717) is 18.6 Å². The summed E-state index contributed by atoms with van der Waals surface area (Å²) in [6.07, 6.45) is 2.05. The lowest BCUT2D eigenvalue weighted by Crippen LogP contribution is -2.44. The van der Waals surface area contributed by atoms with Crippen LogP contribution < -0.4 is 15.9 Å². The molecule has 0 bridgehead atoms. The van der Waals surface area contributed by atoms with Crippen molar-refractivity contribution < 1.29 is 4.42 Å². The van der Waals surface area contributed by atoms with E-state index in [4.69, 9.17) is 4.42 Å². The Morgan fingerprint density at radius 2 is 1.96 bits per heavy atom. The molecule has 27 heavy (non-hydrogen) atoms. The molecule has 7 heteroatoms. The van der Waals surface area contributed by atoms with E-state index in [1.165, 1.54) is 0 Å². The molecule has 3 heterocycles. The van der Waals surface area contributed by atoms with Gasteiger partial charge in [-0.1, -0.05) is 12.1 Å². The fourth-order valence-electron chi connectivity index (χ4n) is 3.70. The summed E-state index contributed by atoms with van der Waals surface area (Å²) in [5.41, 5.74) is 3.30. The van der Waals surface area contributed by atoms with E-state index in [2.05, 4.69) is 20.2 Å². The molecule has 7 nitrogen and oxygen atoms in total. The average molecular weight is 367 g/mol. The summed E-state index contributed by atoms with van der Waals surface area (Å²) in [5.74, 6) is 0. The van der Waals surface area contributed by atoms with E-state index in [-0.39, 0.29) is 5.69 Å².